The Labute approximate surface area is 194 Å². The lowest BCUT2D eigenvalue weighted by Gasteiger charge is -2.25. The number of anilines is 1. The van der Waals surface area contributed by atoms with Gasteiger partial charge in [0.15, 0.2) is 5.13 Å². The molecular weight excluding hydrogens is 434 g/mol. The summed E-state index contributed by atoms with van der Waals surface area (Å²) in [5, 5.41) is 0.777. The normalized spacial score (nSPS) is 11.0. The molecule has 162 valence electrons. The summed E-state index contributed by atoms with van der Waals surface area (Å²) < 4.78 is 1.12. The Bertz CT molecular complexity index is 972. The van der Waals surface area contributed by atoms with Crippen LogP contribution in [0.3, 0.4) is 0 Å². The van der Waals surface area contributed by atoms with Crippen LogP contribution in [-0.2, 0) is 0 Å². The molecule has 0 fully saturated rings. The lowest BCUT2D eigenvalue weighted by Crippen LogP contribution is -2.39. The van der Waals surface area contributed by atoms with Gasteiger partial charge in [0.2, 0.25) is 0 Å². The second kappa shape index (κ2) is 11.7. The van der Waals surface area contributed by atoms with Crippen LogP contribution < -0.4 is 4.90 Å². The molecule has 0 aliphatic carbocycles. The summed E-state index contributed by atoms with van der Waals surface area (Å²) in [6.07, 6.45) is 0. The van der Waals surface area contributed by atoms with Crippen LogP contribution in [0, 0.1) is 6.92 Å². The van der Waals surface area contributed by atoms with Gasteiger partial charge in [-0.2, -0.15) is 0 Å². The average molecular weight is 464 g/mol. The molecular formula is C23H30ClN3OS2. The second-order valence-electron chi connectivity index (χ2n) is 6.88. The molecule has 0 saturated heterocycles. The zero-order valence-corrected chi connectivity index (χ0v) is 20.5. The predicted molar refractivity (Wildman–Crippen MR) is 134 cm³/mol. The first-order valence-corrected chi connectivity index (χ1v) is 12.0. The Morgan fingerprint density at radius 3 is 2.50 bits per heavy atom. The monoisotopic (exact) mass is 463 g/mol. The van der Waals surface area contributed by atoms with Gasteiger partial charge in [0.25, 0.3) is 5.91 Å². The summed E-state index contributed by atoms with van der Waals surface area (Å²) in [7, 11) is 0. The molecule has 0 atom stereocenters. The summed E-state index contributed by atoms with van der Waals surface area (Å²) >= 11 is 3.31. The van der Waals surface area contributed by atoms with Crippen molar-refractivity contribution in [1.82, 2.24) is 9.88 Å². The molecule has 0 N–H and O–H groups in total. The van der Waals surface area contributed by atoms with Gasteiger partial charge in [-0.3, -0.25) is 9.69 Å². The molecule has 3 rings (SSSR count). The Morgan fingerprint density at radius 2 is 1.80 bits per heavy atom. The van der Waals surface area contributed by atoms with Crippen LogP contribution >= 0.6 is 35.5 Å². The van der Waals surface area contributed by atoms with Crippen LogP contribution in [0.2, 0.25) is 0 Å². The van der Waals surface area contributed by atoms with Gasteiger partial charge in [0, 0.05) is 18.0 Å². The minimum absolute atomic E-state index is 0. The van der Waals surface area contributed by atoms with Crippen molar-refractivity contribution >= 4 is 56.8 Å². The number of thioether (sulfide) groups is 1. The van der Waals surface area contributed by atoms with E-state index in [1.54, 1.807) is 23.1 Å². The zero-order valence-electron chi connectivity index (χ0n) is 18.1. The Kier molecular flexibility index (Phi) is 9.62. The predicted octanol–water partition coefficient (Wildman–Crippen LogP) is 6.13. The number of hydrogen-bond donors (Lipinski definition) is 0. The number of hydrogen-bond acceptors (Lipinski definition) is 5. The zero-order chi connectivity index (χ0) is 20.8. The molecule has 30 heavy (non-hydrogen) atoms. The largest absolute Gasteiger partial charge is 0.302 e. The highest BCUT2D eigenvalue weighted by atomic mass is 35.5. The molecule has 1 aromatic heterocycles. The van der Waals surface area contributed by atoms with Crippen molar-refractivity contribution in [1.29, 1.82) is 0 Å². The van der Waals surface area contributed by atoms with Gasteiger partial charge in [0.1, 0.15) is 0 Å². The van der Waals surface area contributed by atoms with Crippen LogP contribution in [0.25, 0.3) is 10.2 Å². The van der Waals surface area contributed by atoms with Gasteiger partial charge in [0.05, 0.1) is 15.8 Å². The molecule has 4 nitrogen and oxygen atoms in total. The van der Waals surface area contributed by atoms with E-state index in [1.807, 2.05) is 35.2 Å². The van der Waals surface area contributed by atoms with Crippen LogP contribution in [-0.4, -0.2) is 47.7 Å². The highest BCUT2D eigenvalue weighted by molar-refractivity contribution is 7.99. The molecule has 0 bridgehead atoms. The van der Waals surface area contributed by atoms with Gasteiger partial charge in [-0.25, -0.2) is 4.98 Å². The third-order valence-corrected chi connectivity index (χ3v) is 6.96. The summed E-state index contributed by atoms with van der Waals surface area (Å²) in [4.78, 5) is 23.7. The molecule has 0 unspecified atom stereocenters. The third kappa shape index (κ3) is 5.76. The van der Waals surface area contributed by atoms with Crippen LogP contribution in [0.5, 0.6) is 0 Å². The Hall–Kier alpha value is -1.60. The minimum atomic E-state index is 0. The molecule has 1 heterocycles. The average Bonchev–Trinajstić information content (AvgIpc) is 3.14. The van der Waals surface area contributed by atoms with Crippen molar-refractivity contribution in [2.45, 2.75) is 32.6 Å². The first-order valence-electron chi connectivity index (χ1n) is 10.2. The van der Waals surface area contributed by atoms with Crippen LogP contribution in [0.4, 0.5) is 5.13 Å². The van der Waals surface area contributed by atoms with E-state index in [0.29, 0.717) is 6.54 Å². The number of likely N-dealkylation sites (N-methyl/N-ethyl adjacent to an activating group) is 1. The highest BCUT2D eigenvalue weighted by Gasteiger charge is 2.23. The van der Waals surface area contributed by atoms with E-state index in [0.717, 1.165) is 51.2 Å². The topological polar surface area (TPSA) is 36.4 Å². The van der Waals surface area contributed by atoms with Crippen molar-refractivity contribution in [3.05, 3.63) is 53.6 Å². The van der Waals surface area contributed by atoms with E-state index < -0.39 is 0 Å². The van der Waals surface area contributed by atoms with Gasteiger partial charge >= 0.3 is 0 Å². The quantitative estimate of drug-likeness (QED) is 0.358. The van der Waals surface area contributed by atoms with Crippen molar-refractivity contribution in [2.75, 3.05) is 36.8 Å². The second-order valence-corrected chi connectivity index (χ2v) is 9.20. The summed E-state index contributed by atoms with van der Waals surface area (Å²) in [5.74, 6) is 0.967. The van der Waals surface area contributed by atoms with Crippen molar-refractivity contribution in [3.8, 4) is 0 Å². The van der Waals surface area contributed by atoms with Crippen molar-refractivity contribution < 1.29 is 4.79 Å². The van der Waals surface area contributed by atoms with Crippen molar-refractivity contribution in [2.24, 2.45) is 0 Å². The highest BCUT2D eigenvalue weighted by Crippen LogP contribution is 2.32. The number of carbonyl (C=O) groups is 1. The Morgan fingerprint density at radius 1 is 1.07 bits per heavy atom. The maximum atomic E-state index is 13.6. The Balaban J connectivity index is 0.00000320. The van der Waals surface area contributed by atoms with Gasteiger partial charge in [-0.05, 0) is 55.6 Å². The number of carbonyl (C=O) groups excluding carboxylic acids is 1. The fourth-order valence-electron chi connectivity index (χ4n) is 3.27. The molecule has 0 saturated carbocycles. The van der Waals surface area contributed by atoms with Crippen LogP contribution in [0.15, 0.2) is 47.4 Å². The number of thiazole rings is 1. The maximum absolute atomic E-state index is 13.6. The van der Waals surface area contributed by atoms with E-state index in [2.05, 4.69) is 44.7 Å². The van der Waals surface area contributed by atoms with Gasteiger partial charge in [-0.15, -0.1) is 24.2 Å². The summed E-state index contributed by atoms with van der Waals surface area (Å²) in [6, 6.07) is 14.2. The SMILES string of the molecule is CCSc1ccccc1C(=O)N(CCN(CC)CC)c1nc2ccc(C)cc2s1.Cl. The van der Waals surface area contributed by atoms with E-state index in [9.17, 15) is 4.79 Å². The number of nitrogens with zero attached hydrogens (tertiary/aromatic N) is 3. The van der Waals surface area contributed by atoms with E-state index >= 15 is 0 Å². The maximum Gasteiger partial charge on any atom is 0.261 e. The number of fused-ring (bicyclic) bond motifs is 1. The lowest BCUT2D eigenvalue weighted by molar-refractivity contribution is 0.0981. The lowest BCUT2D eigenvalue weighted by atomic mass is 10.2. The molecule has 1 amide bonds. The van der Waals surface area contributed by atoms with Crippen LogP contribution in [0.1, 0.15) is 36.7 Å². The number of amides is 1. The molecule has 0 spiro atoms. The first-order chi connectivity index (χ1) is 14.1. The standard InChI is InChI=1S/C23H29N3OS2.ClH/c1-5-25(6-2)14-15-26(22(27)18-10-8-9-11-20(18)28-7-3)23-24-19-13-12-17(4)16-21(19)29-23;/h8-13,16H,5-7,14-15H2,1-4H3;1H. The van der Waals surface area contributed by atoms with Gasteiger partial charge < -0.3 is 4.90 Å². The van der Waals surface area contributed by atoms with E-state index in [-0.39, 0.29) is 18.3 Å². The van der Waals surface area contributed by atoms with Gasteiger partial charge in [-0.1, -0.05) is 50.3 Å². The number of halogens is 1. The number of benzene rings is 2. The number of rotatable bonds is 9. The number of aryl methyl sites for hydroxylation is 1. The first kappa shape index (κ1) is 24.7. The minimum Gasteiger partial charge on any atom is -0.302 e. The number of aromatic nitrogens is 1. The summed E-state index contributed by atoms with van der Waals surface area (Å²) in [6.45, 7) is 11.9. The molecule has 0 aliphatic rings. The molecule has 0 aliphatic heterocycles. The van der Waals surface area contributed by atoms with E-state index in [4.69, 9.17) is 4.98 Å². The fourth-order valence-corrected chi connectivity index (χ4v) is 5.16. The molecule has 7 heteroatoms. The van der Waals surface area contributed by atoms with Crippen molar-refractivity contribution in [3.63, 3.8) is 0 Å². The summed E-state index contributed by atoms with van der Waals surface area (Å²) in [5.41, 5.74) is 2.92. The molecule has 0 radical (unpaired) electrons. The molecule has 3 aromatic rings. The third-order valence-electron chi connectivity index (χ3n) is 4.96. The molecule has 2 aromatic carbocycles. The fraction of sp³-hybridized carbons (Fsp3) is 0.391. The smallest absolute Gasteiger partial charge is 0.261 e. The van der Waals surface area contributed by atoms with E-state index in [1.165, 1.54) is 5.56 Å².